The van der Waals surface area contributed by atoms with Crippen molar-refractivity contribution in [3.05, 3.63) is 34.6 Å². The van der Waals surface area contributed by atoms with Crippen LogP contribution in [0.5, 0.6) is 0 Å². The molecule has 0 saturated carbocycles. The molecule has 4 heteroatoms. The molecular formula is C13H17ClFNO. The quantitative estimate of drug-likeness (QED) is 0.827. The van der Waals surface area contributed by atoms with E-state index in [-0.39, 0.29) is 12.2 Å². The van der Waals surface area contributed by atoms with Crippen molar-refractivity contribution in [3.8, 4) is 0 Å². The first-order valence-corrected chi connectivity index (χ1v) is 5.77. The number of carbonyl (C=O) groups is 1. The van der Waals surface area contributed by atoms with Crippen LogP contribution in [0.25, 0.3) is 0 Å². The van der Waals surface area contributed by atoms with Crippen LogP contribution in [0.3, 0.4) is 0 Å². The van der Waals surface area contributed by atoms with E-state index in [1.165, 1.54) is 12.1 Å². The molecule has 0 aliphatic rings. The van der Waals surface area contributed by atoms with Gasteiger partial charge in [0.2, 0.25) is 0 Å². The molecule has 0 aliphatic heterocycles. The van der Waals surface area contributed by atoms with E-state index in [4.69, 9.17) is 11.6 Å². The second-order valence-electron chi connectivity index (χ2n) is 4.79. The average molecular weight is 258 g/mol. The van der Waals surface area contributed by atoms with Crippen molar-refractivity contribution in [3.63, 3.8) is 0 Å². The van der Waals surface area contributed by atoms with Gasteiger partial charge in [0.15, 0.2) is 5.78 Å². The van der Waals surface area contributed by atoms with Crippen LogP contribution >= 0.6 is 11.6 Å². The number of rotatable bonds is 4. The van der Waals surface area contributed by atoms with Gasteiger partial charge in [0.25, 0.3) is 0 Å². The van der Waals surface area contributed by atoms with E-state index in [0.29, 0.717) is 10.6 Å². The van der Waals surface area contributed by atoms with E-state index < -0.39 is 11.4 Å². The number of carbonyl (C=O) groups excluding carboxylic acids is 1. The molecule has 0 aromatic heterocycles. The van der Waals surface area contributed by atoms with E-state index >= 15 is 0 Å². The molecular weight excluding hydrogens is 241 g/mol. The number of benzene rings is 1. The first kappa shape index (κ1) is 14.1. The first-order valence-electron chi connectivity index (χ1n) is 5.40. The van der Waals surface area contributed by atoms with Crippen LogP contribution in [0.1, 0.15) is 19.4 Å². The van der Waals surface area contributed by atoms with Gasteiger partial charge in [-0.1, -0.05) is 17.7 Å². The highest BCUT2D eigenvalue weighted by Crippen LogP contribution is 2.21. The number of hydrogen-bond donors (Lipinski definition) is 0. The SMILES string of the molecule is CN(C)C(C)(C)C(=O)Cc1ccc(F)cc1Cl. The van der Waals surface area contributed by atoms with E-state index in [1.807, 2.05) is 32.8 Å². The Morgan fingerprint density at radius 3 is 2.47 bits per heavy atom. The molecule has 0 aliphatic carbocycles. The Kier molecular flexibility index (Phi) is 4.28. The second kappa shape index (κ2) is 5.15. The van der Waals surface area contributed by atoms with Crippen molar-refractivity contribution in [1.29, 1.82) is 0 Å². The zero-order chi connectivity index (χ0) is 13.2. The summed E-state index contributed by atoms with van der Waals surface area (Å²) >= 11 is 5.90. The van der Waals surface area contributed by atoms with Crippen LogP contribution in [0, 0.1) is 5.82 Å². The van der Waals surface area contributed by atoms with Crippen molar-refractivity contribution in [2.75, 3.05) is 14.1 Å². The highest BCUT2D eigenvalue weighted by atomic mass is 35.5. The van der Waals surface area contributed by atoms with Crippen LogP contribution < -0.4 is 0 Å². The number of hydrogen-bond acceptors (Lipinski definition) is 2. The molecule has 1 aromatic carbocycles. The Bertz CT molecular complexity index is 429. The fraction of sp³-hybridized carbons (Fsp3) is 0.462. The van der Waals surface area contributed by atoms with E-state index in [9.17, 15) is 9.18 Å². The van der Waals surface area contributed by atoms with Gasteiger partial charge in [-0.3, -0.25) is 9.69 Å². The lowest BCUT2D eigenvalue weighted by Crippen LogP contribution is -2.46. The first-order chi connectivity index (χ1) is 7.75. The molecule has 0 amide bonds. The minimum atomic E-state index is -0.558. The molecule has 0 fully saturated rings. The Hall–Kier alpha value is -0.930. The molecule has 1 aromatic rings. The van der Waals surface area contributed by atoms with Gasteiger partial charge in [0.05, 0.1) is 5.54 Å². The van der Waals surface area contributed by atoms with Gasteiger partial charge in [-0.2, -0.15) is 0 Å². The largest absolute Gasteiger partial charge is 0.298 e. The smallest absolute Gasteiger partial charge is 0.156 e. The fourth-order valence-electron chi connectivity index (χ4n) is 1.30. The van der Waals surface area contributed by atoms with Crippen molar-refractivity contribution in [2.24, 2.45) is 0 Å². The van der Waals surface area contributed by atoms with Gasteiger partial charge in [-0.05, 0) is 45.6 Å². The van der Waals surface area contributed by atoms with Crippen molar-refractivity contribution >= 4 is 17.4 Å². The van der Waals surface area contributed by atoms with Crippen molar-refractivity contribution in [1.82, 2.24) is 4.90 Å². The molecule has 0 radical (unpaired) electrons. The number of ketones is 1. The third-order valence-corrected chi connectivity index (χ3v) is 3.52. The summed E-state index contributed by atoms with van der Waals surface area (Å²) in [5.41, 5.74) is 0.102. The van der Waals surface area contributed by atoms with E-state index in [2.05, 4.69) is 0 Å². The Morgan fingerprint density at radius 1 is 1.41 bits per heavy atom. The summed E-state index contributed by atoms with van der Waals surface area (Å²) in [6.07, 6.45) is 0.213. The minimum Gasteiger partial charge on any atom is -0.298 e. The summed E-state index contributed by atoms with van der Waals surface area (Å²) in [5.74, 6) is -0.339. The van der Waals surface area contributed by atoms with Crippen LogP contribution in [-0.4, -0.2) is 30.3 Å². The van der Waals surface area contributed by atoms with Gasteiger partial charge < -0.3 is 0 Å². The van der Waals surface area contributed by atoms with E-state index in [1.54, 1.807) is 6.07 Å². The number of likely N-dealkylation sites (N-methyl/N-ethyl adjacent to an activating group) is 1. The van der Waals surface area contributed by atoms with Crippen LogP contribution in [0.4, 0.5) is 4.39 Å². The molecule has 17 heavy (non-hydrogen) atoms. The Morgan fingerprint density at radius 2 is 2.00 bits per heavy atom. The highest BCUT2D eigenvalue weighted by molar-refractivity contribution is 6.31. The second-order valence-corrected chi connectivity index (χ2v) is 5.20. The normalized spacial score (nSPS) is 11.9. The average Bonchev–Trinajstić information content (AvgIpc) is 2.21. The number of halogens is 2. The van der Waals surface area contributed by atoms with Gasteiger partial charge in [-0.15, -0.1) is 0 Å². The van der Waals surface area contributed by atoms with Gasteiger partial charge in [-0.25, -0.2) is 4.39 Å². The summed E-state index contributed by atoms with van der Waals surface area (Å²) in [4.78, 5) is 14.0. The molecule has 1 rings (SSSR count). The molecule has 0 atom stereocenters. The summed E-state index contributed by atoms with van der Waals surface area (Å²) in [7, 11) is 3.70. The third-order valence-electron chi connectivity index (χ3n) is 3.17. The van der Waals surface area contributed by atoms with Crippen molar-refractivity contribution in [2.45, 2.75) is 25.8 Å². The van der Waals surface area contributed by atoms with Crippen LogP contribution in [0.2, 0.25) is 5.02 Å². The molecule has 0 N–H and O–H groups in total. The van der Waals surface area contributed by atoms with Gasteiger partial charge in [0, 0.05) is 11.4 Å². The van der Waals surface area contributed by atoms with E-state index in [0.717, 1.165) is 0 Å². The van der Waals surface area contributed by atoms with Crippen LogP contribution in [0.15, 0.2) is 18.2 Å². The summed E-state index contributed by atoms with van der Waals surface area (Å²) in [5, 5.41) is 0.299. The predicted molar refractivity (Wildman–Crippen MR) is 67.9 cm³/mol. The zero-order valence-electron chi connectivity index (χ0n) is 10.6. The zero-order valence-corrected chi connectivity index (χ0v) is 11.3. The van der Waals surface area contributed by atoms with Crippen LogP contribution in [-0.2, 0) is 11.2 Å². The summed E-state index contributed by atoms with van der Waals surface area (Å²) in [6, 6.07) is 4.10. The lowest BCUT2D eigenvalue weighted by molar-refractivity contribution is -0.127. The summed E-state index contributed by atoms with van der Waals surface area (Å²) < 4.78 is 12.9. The van der Waals surface area contributed by atoms with Gasteiger partial charge in [0.1, 0.15) is 5.82 Å². The lowest BCUT2D eigenvalue weighted by atomic mass is 9.92. The molecule has 0 bridgehead atoms. The lowest BCUT2D eigenvalue weighted by Gasteiger charge is -2.31. The minimum absolute atomic E-state index is 0.0519. The van der Waals surface area contributed by atoms with Gasteiger partial charge >= 0.3 is 0 Å². The summed E-state index contributed by atoms with van der Waals surface area (Å²) in [6.45, 7) is 3.71. The number of nitrogens with zero attached hydrogens (tertiary/aromatic N) is 1. The topological polar surface area (TPSA) is 20.3 Å². The maximum atomic E-state index is 12.9. The number of Topliss-reactive ketones (excluding diaryl/α,β-unsaturated/α-hetero) is 1. The Labute approximate surface area is 106 Å². The molecule has 0 unspecified atom stereocenters. The maximum absolute atomic E-state index is 12.9. The highest BCUT2D eigenvalue weighted by Gasteiger charge is 2.29. The Balaban J connectivity index is 2.89. The molecule has 0 saturated heterocycles. The standard InChI is InChI=1S/C13H17ClFNO/c1-13(2,16(3)4)12(17)7-9-5-6-10(15)8-11(9)14/h5-6,8H,7H2,1-4H3. The third kappa shape index (κ3) is 3.27. The fourth-order valence-corrected chi connectivity index (χ4v) is 1.54. The maximum Gasteiger partial charge on any atom is 0.156 e. The molecule has 0 spiro atoms. The molecule has 0 heterocycles. The monoisotopic (exact) mass is 257 g/mol. The predicted octanol–water partition coefficient (Wildman–Crippen LogP) is 2.93. The molecule has 94 valence electrons. The molecule has 2 nitrogen and oxygen atoms in total. The van der Waals surface area contributed by atoms with Crippen molar-refractivity contribution < 1.29 is 9.18 Å².